The molecule has 188 valence electrons. The third-order valence-corrected chi connectivity index (χ3v) is 7.11. The highest BCUT2D eigenvalue weighted by Crippen LogP contribution is 2.43. The van der Waals surface area contributed by atoms with E-state index in [1.807, 2.05) is 60.7 Å². The fourth-order valence-corrected chi connectivity index (χ4v) is 5.32. The van der Waals surface area contributed by atoms with Crippen LogP contribution in [0.4, 0.5) is 0 Å². The van der Waals surface area contributed by atoms with Crippen molar-refractivity contribution < 1.29 is 28.4 Å². The van der Waals surface area contributed by atoms with Crippen LogP contribution in [0.2, 0.25) is 15.1 Å². The SMILES string of the molecule is Clc1cccc(C2OC[C@@H]3OC(c4cccc(Cl)c4)O[C@H](CO2)[C@@H]2OC(c4cccc(Cl)c4)O[C@H]23)c1. The van der Waals surface area contributed by atoms with Crippen LogP contribution in [0.15, 0.2) is 72.8 Å². The number of hydrogen-bond acceptors (Lipinski definition) is 6. The van der Waals surface area contributed by atoms with Gasteiger partial charge in [0.25, 0.3) is 0 Å². The van der Waals surface area contributed by atoms with E-state index in [1.165, 1.54) is 0 Å². The molecule has 3 saturated heterocycles. The molecule has 3 unspecified atom stereocenters. The molecule has 0 amide bonds. The summed E-state index contributed by atoms with van der Waals surface area (Å²) in [5.74, 6) is 0. The summed E-state index contributed by atoms with van der Waals surface area (Å²) < 4.78 is 38.2. The van der Waals surface area contributed by atoms with E-state index in [4.69, 9.17) is 63.2 Å². The summed E-state index contributed by atoms with van der Waals surface area (Å²) in [6.45, 7) is 0.355. The standard InChI is InChI=1S/C27H23Cl3O6/c28-18-7-1-4-15(10-18)25-31-13-21-23-24(36-27(35-23)17-6-3-9-20(30)12-17)22(14-32-25)34-26(33-21)16-5-2-8-19(29)11-16/h1-12,21-27H,13-14H2/t21-,22+,23-,24-,25?,26?,27?/m0/s1. The predicted molar refractivity (Wildman–Crippen MR) is 134 cm³/mol. The molecule has 36 heavy (non-hydrogen) atoms. The van der Waals surface area contributed by atoms with Crippen molar-refractivity contribution in [2.75, 3.05) is 13.2 Å². The van der Waals surface area contributed by atoms with E-state index in [0.717, 1.165) is 16.7 Å². The molecule has 6 nitrogen and oxygen atoms in total. The van der Waals surface area contributed by atoms with E-state index in [9.17, 15) is 0 Å². The third-order valence-electron chi connectivity index (χ3n) is 6.40. The van der Waals surface area contributed by atoms with Gasteiger partial charge in [0.05, 0.1) is 13.2 Å². The van der Waals surface area contributed by atoms with E-state index >= 15 is 0 Å². The summed E-state index contributed by atoms with van der Waals surface area (Å²) in [6.07, 6.45) is -3.94. The van der Waals surface area contributed by atoms with Crippen molar-refractivity contribution in [1.29, 1.82) is 0 Å². The lowest BCUT2D eigenvalue weighted by atomic mass is 10.0. The maximum atomic E-state index is 6.47. The zero-order chi connectivity index (χ0) is 24.6. The molecule has 3 heterocycles. The van der Waals surface area contributed by atoms with Crippen molar-refractivity contribution in [1.82, 2.24) is 0 Å². The van der Waals surface area contributed by atoms with Crippen LogP contribution in [0.1, 0.15) is 35.6 Å². The van der Waals surface area contributed by atoms with Gasteiger partial charge in [-0.05, 0) is 36.4 Å². The van der Waals surface area contributed by atoms with Crippen LogP contribution in [0.3, 0.4) is 0 Å². The first kappa shape index (κ1) is 24.6. The van der Waals surface area contributed by atoms with E-state index in [0.29, 0.717) is 15.1 Å². The molecule has 0 spiro atoms. The molecule has 9 heteroatoms. The van der Waals surface area contributed by atoms with Crippen molar-refractivity contribution in [3.05, 3.63) is 105 Å². The smallest absolute Gasteiger partial charge is 0.185 e. The van der Waals surface area contributed by atoms with Crippen LogP contribution in [0, 0.1) is 0 Å². The first-order chi connectivity index (χ1) is 17.5. The highest BCUT2D eigenvalue weighted by Gasteiger charge is 2.51. The van der Waals surface area contributed by atoms with E-state index in [1.54, 1.807) is 12.1 Å². The molecule has 6 rings (SSSR count). The Balaban J connectivity index is 1.32. The Morgan fingerprint density at radius 1 is 0.500 bits per heavy atom. The lowest BCUT2D eigenvalue weighted by molar-refractivity contribution is -0.266. The summed E-state index contributed by atoms with van der Waals surface area (Å²) in [5.41, 5.74) is 2.41. The maximum absolute atomic E-state index is 6.47. The molecule has 0 saturated carbocycles. The topological polar surface area (TPSA) is 55.4 Å². The van der Waals surface area contributed by atoms with Crippen LogP contribution in [0.25, 0.3) is 0 Å². The Bertz CT molecular complexity index is 1160. The van der Waals surface area contributed by atoms with Gasteiger partial charge in [-0.2, -0.15) is 0 Å². The van der Waals surface area contributed by atoms with E-state index in [-0.39, 0.29) is 13.2 Å². The van der Waals surface area contributed by atoms with Crippen LogP contribution < -0.4 is 0 Å². The summed E-state index contributed by atoms with van der Waals surface area (Å²) in [4.78, 5) is 0. The lowest BCUT2D eigenvalue weighted by Gasteiger charge is -2.30. The molecule has 3 aromatic rings. The second kappa shape index (κ2) is 10.6. The zero-order valence-corrected chi connectivity index (χ0v) is 21.2. The Kier molecular flexibility index (Phi) is 7.23. The molecular weight excluding hydrogens is 527 g/mol. The summed E-state index contributed by atoms with van der Waals surface area (Å²) >= 11 is 18.7. The molecule has 0 aromatic heterocycles. The highest BCUT2D eigenvalue weighted by molar-refractivity contribution is 6.31. The molecule has 3 aliphatic heterocycles. The Morgan fingerprint density at radius 3 is 1.31 bits per heavy atom. The van der Waals surface area contributed by atoms with Crippen molar-refractivity contribution >= 4 is 34.8 Å². The monoisotopic (exact) mass is 548 g/mol. The quantitative estimate of drug-likeness (QED) is 0.364. The van der Waals surface area contributed by atoms with Crippen molar-refractivity contribution in [3.8, 4) is 0 Å². The van der Waals surface area contributed by atoms with E-state index < -0.39 is 43.3 Å². The van der Waals surface area contributed by atoms with Gasteiger partial charge in [-0.3, -0.25) is 0 Å². The van der Waals surface area contributed by atoms with Crippen LogP contribution in [-0.2, 0) is 28.4 Å². The van der Waals surface area contributed by atoms with Gasteiger partial charge in [0.1, 0.15) is 24.4 Å². The summed E-state index contributed by atoms with van der Waals surface area (Å²) in [6, 6.07) is 22.2. The highest BCUT2D eigenvalue weighted by atomic mass is 35.5. The molecule has 7 atom stereocenters. The number of hydrogen-bond donors (Lipinski definition) is 0. The Morgan fingerprint density at radius 2 is 0.889 bits per heavy atom. The normalized spacial score (nSPS) is 32.2. The minimum absolute atomic E-state index is 0.178. The molecular formula is C27H23Cl3O6. The first-order valence-electron chi connectivity index (χ1n) is 11.6. The fourth-order valence-electron chi connectivity index (χ4n) is 4.72. The third kappa shape index (κ3) is 5.16. The van der Waals surface area contributed by atoms with Gasteiger partial charge < -0.3 is 28.4 Å². The van der Waals surface area contributed by atoms with Crippen molar-refractivity contribution in [2.45, 2.75) is 43.3 Å². The first-order valence-corrected chi connectivity index (χ1v) is 12.8. The number of rotatable bonds is 3. The Labute approximate surface area is 223 Å². The van der Waals surface area contributed by atoms with Gasteiger partial charge in [0, 0.05) is 31.8 Å². The minimum atomic E-state index is -0.698. The summed E-state index contributed by atoms with van der Waals surface area (Å²) in [7, 11) is 0. The molecule has 3 aliphatic rings. The molecule has 0 radical (unpaired) electrons. The van der Waals surface area contributed by atoms with Crippen LogP contribution in [-0.4, -0.2) is 37.6 Å². The van der Waals surface area contributed by atoms with Gasteiger partial charge in [0.15, 0.2) is 18.9 Å². The zero-order valence-electron chi connectivity index (χ0n) is 19.0. The molecule has 2 bridgehead atoms. The molecule has 3 fully saturated rings. The molecule has 0 aliphatic carbocycles. The average Bonchev–Trinajstić information content (AvgIpc) is 3.28. The average molecular weight is 550 g/mol. The van der Waals surface area contributed by atoms with Gasteiger partial charge in [0.2, 0.25) is 0 Å². The second-order valence-corrected chi connectivity index (χ2v) is 10.2. The van der Waals surface area contributed by atoms with Gasteiger partial charge in [-0.25, -0.2) is 0 Å². The number of halogens is 3. The van der Waals surface area contributed by atoms with Crippen LogP contribution in [0.5, 0.6) is 0 Å². The van der Waals surface area contributed by atoms with E-state index in [2.05, 4.69) is 0 Å². The number of ether oxygens (including phenoxy) is 6. The van der Waals surface area contributed by atoms with Gasteiger partial charge >= 0.3 is 0 Å². The maximum Gasteiger partial charge on any atom is 0.185 e. The minimum Gasteiger partial charge on any atom is -0.346 e. The fraction of sp³-hybridized carbons (Fsp3) is 0.333. The second-order valence-electron chi connectivity index (χ2n) is 8.88. The molecule has 0 N–H and O–H groups in total. The van der Waals surface area contributed by atoms with Crippen molar-refractivity contribution in [2.24, 2.45) is 0 Å². The van der Waals surface area contributed by atoms with Crippen LogP contribution >= 0.6 is 34.8 Å². The summed E-state index contributed by atoms with van der Waals surface area (Å²) in [5, 5.41) is 1.79. The lowest BCUT2D eigenvalue weighted by Crippen LogP contribution is -2.43. The predicted octanol–water partition coefficient (Wildman–Crippen LogP) is 6.66. The number of benzene rings is 3. The van der Waals surface area contributed by atoms with Gasteiger partial charge in [-0.15, -0.1) is 0 Å². The molecule has 3 aromatic carbocycles. The Hall–Kier alpha value is -1.71. The van der Waals surface area contributed by atoms with Crippen molar-refractivity contribution in [3.63, 3.8) is 0 Å². The largest absolute Gasteiger partial charge is 0.346 e. The van der Waals surface area contributed by atoms with Gasteiger partial charge in [-0.1, -0.05) is 71.2 Å².